The van der Waals surface area contributed by atoms with Crippen LogP contribution in [-0.2, 0) is 9.59 Å². The third-order valence-electron chi connectivity index (χ3n) is 3.17. The lowest BCUT2D eigenvalue weighted by Crippen LogP contribution is -2.41. The van der Waals surface area contributed by atoms with Crippen molar-refractivity contribution in [2.24, 2.45) is 11.7 Å². The standard InChI is InChI=1S/C11H16N4O2S/c12-9(16)8(11-15-13-6-18-11)14-10(17)7-4-2-1-3-5-7/h6-8H,1-5H2,(H2,12,16)(H,14,17). The number of carbonyl (C=O) groups excluding carboxylic acids is 2. The molecule has 1 heterocycles. The van der Waals surface area contributed by atoms with Crippen molar-refractivity contribution in [2.45, 2.75) is 38.1 Å². The lowest BCUT2D eigenvalue weighted by Gasteiger charge is -2.22. The van der Waals surface area contributed by atoms with Crippen LogP contribution in [0.4, 0.5) is 0 Å². The van der Waals surface area contributed by atoms with Gasteiger partial charge in [0.15, 0.2) is 6.04 Å². The zero-order valence-electron chi connectivity index (χ0n) is 9.96. The molecular weight excluding hydrogens is 252 g/mol. The van der Waals surface area contributed by atoms with Crippen molar-refractivity contribution in [1.82, 2.24) is 15.5 Å². The smallest absolute Gasteiger partial charge is 0.247 e. The predicted octanol–water partition coefficient (Wildman–Crippen LogP) is 0.761. The second-order valence-corrected chi connectivity index (χ2v) is 5.32. The molecular formula is C11H16N4O2S. The van der Waals surface area contributed by atoms with E-state index in [0.717, 1.165) is 25.7 Å². The predicted molar refractivity (Wildman–Crippen MR) is 66.6 cm³/mol. The maximum absolute atomic E-state index is 12.0. The molecule has 0 aliphatic heterocycles. The second kappa shape index (κ2) is 5.90. The lowest BCUT2D eigenvalue weighted by molar-refractivity contribution is -0.130. The van der Waals surface area contributed by atoms with E-state index in [1.807, 2.05) is 0 Å². The minimum absolute atomic E-state index is 0.00600. The summed E-state index contributed by atoms with van der Waals surface area (Å²) in [7, 11) is 0. The Morgan fingerprint density at radius 2 is 2.11 bits per heavy atom. The summed E-state index contributed by atoms with van der Waals surface area (Å²) in [6.07, 6.45) is 5.08. The van der Waals surface area contributed by atoms with Gasteiger partial charge >= 0.3 is 0 Å². The number of aromatic nitrogens is 2. The molecule has 2 amide bonds. The van der Waals surface area contributed by atoms with Gasteiger partial charge in [0.2, 0.25) is 11.8 Å². The summed E-state index contributed by atoms with van der Waals surface area (Å²) in [6, 6.07) is -0.855. The normalized spacial score (nSPS) is 18.2. The van der Waals surface area contributed by atoms with E-state index >= 15 is 0 Å². The summed E-state index contributed by atoms with van der Waals surface area (Å²) >= 11 is 1.21. The average molecular weight is 268 g/mol. The van der Waals surface area contributed by atoms with Gasteiger partial charge in [0.25, 0.3) is 0 Å². The zero-order valence-corrected chi connectivity index (χ0v) is 10.8. The molecule has 7 heteroatoms. The zero-order chi connectivity index (χ0) is 13.0. The van der Waals surface area contributed by atoms with Gasteiger partial charge in [-0.2, -0.15) is 0 Å². The van der Waals surface area contributed by atoms with Crippen molar-refractivity contribution in [1.29, 1.82) is 0 Å². The second-order valence-electron chi connectivity index (χ2n) is 4.46. The van der Waals surface area contributed by atoms with Gasteiger partial charge < -0.3 is 11.1 Å². The number of nitrogens with one attached hydrogen (secondary N) is 1. The molecule has 0 aromatic carbocycles. The highest BCUT2D eigenvalue weighted by Crippen LogP contribution is 2.25. The van der Waals surface area contributed by atoms with Crippen molar-refractivity contribution in [3.05, 3.63) is 10.5 Å². The van der Waals surface area contributed by atoms with Gasteiger partial charge in [0.1, 0.15) is 10.5 Å². The highest BCUT2D eigenvalue weighted by atomic mass is 32.1. The molecule has 98 valence electrons. The molecule has 0 radical (unpaired) electrons. The molecule has 1 unspecified atom stereocenters. The molecule has 1 aliphatic rings. The lowest BCUT2D eigenvalue weighted by atomic mass is 9.88. The van der Waals surface area contributed by atoms with Gasteiger partial charge in [-0.15, -0.1) is 21.5 Å². The number of hydrogen-bond donors (Lipinski definition) is 2. The van der Waals surface area contributed by atoms with Gasteiger partial charge in [-0.25, -0.2) is 0 Å². The summed E-state index contributed by atoms with van der Waals surface area (Å²) in [5, 5.41) is 10.6. The van der Waals surface area contributed by atoms with Crippen LogP contribution in [0.2, 0.25) is 0 Å². The van der Waals surface area contributed by atoms with Crippen LogP contribution in [0.1, 0.15) is 43.2 Å². The van der Waals surface area contributed by atoms with Gasteiger partial charge in [0, 0.05) is 5.92 Å². The third-order valence-corrected chi connectivity index (χ3v) is 3.93. The summed E-state index contributed by atoms with van der Waals surface area (Å²) in [5.41, 5.74) is 6.80. The Labute approximate surface area is 109 Å². The van der Waals surface area contributed by atoms with Crippen LogP contribution in [0, 0.1) is 5.92 Å². The number of nitrogens with zero attached hydrogens (tertiary/aromatic N) is 2. The fraction of sp³-hybridized carbons (Fsp3) is 0.636. The van der Waals surface area contributed by atoms with Crippen LogP contribution >= 0.6 is 11.3 Å². The Kier molecular flexibility index (Phi) is 4.24. The first-order chi connectivity index (χ1) is 8.68. The molecule has 1 aromatic heterocycles. The van der Waals surface area contributed by atoms with Crippen LogP contribution in [0.5, 0.6) is 0 Å². The number of hydrogen-bond acceptors (Lipinski definition) is 5. The Bertz CT molecular complexity index is 415. The van der Waals surface area contributed by atoms with E-state index in [1.165, 1.54) is 23.3 Å². The molecule has 1 aliphatic carbocycles. The summed E-state index contributed by atoms with van der Waals surface area (Å²) in [4.78, 5) is 23.4. The average Bonchev–Trinajstić information content (AvgIpc) is 2.90. The molecule has 0 bridgehead atoms. The van der Waals surface area contributed by atoms with Crippen molar-refractivity contribution < 1.29 is 9.59 Å². The molecule has 18 heavy (non-hydrogen) atoms. The molecule has 0 saturated heterocycles. The van der Waals surface area contributed by atoms with E-state index in [2.05, 4.69) is 15.5 Å². The fourth-order valence-corrected chi connectivity index (χ4v) is 2.79. The minimum atomic E-state index is -0.855. The maximum Gasteiger partial charge on any atom is 0.247 e. The number of rotatable bonds is 4. The Morgan fingerprint density at radius 3 is 2.67 bits per heavy atom. The highest BCUT2D eigenvalue weighted by molar-refractivity contribution is 7.09. The molecule has 1 fully saturated rings. The van der Waals surface area contributed by atoms with Crippen molar-refractivity contribution >= 4 is 23.2 Å². The third kappa shape index (κ3) is 3.04. The quantitative estimate of drug-likeness (QED) is 0.842. The van der Waals surface area contributed by atoms with Gasteiger partial charge in [-0.1, -0.05) is 19.3 Å². The van der Waals surface area contributed by atoms with E-state index in [1.54, 1.807) is 0 Å². The molecule has 1 saturated carbocycles. The largest absolute Gasteiger partial charge is 0.367 e. The van der Waals surface area contributed by atoms with Crippen molar-refractivity contribution in [3.63, 3.8) is 0 Å². The number of carbonyl (C=O) groups is 2. The summed E-state index contributed by atoms with van der Waals surface area (Å²) in [6.45, 7) is 0. The summed E-state index contributed by atoms with van der Waals surface area (Å²) < 4.78 is 0. The first-order valence-corrected chi connectivity index (χ1v) is 6.92. The molecule has 6 nitrogen and oxygen atoms in total. The van der Waals surface area contributed by atoms with E-state index in [4.69, 9.17) is 5.73 Å². The van der Waals surface area contributed by atoms with Crippen LogP contribution in [0.25, 0.3) is 0 Å². The molecule has 3 N–H and O–H groups in total. The van der Waals surface area contributed by atoms with Crippen LogP contribution in [0.3, 0.4) is 0 Å². The van der Waals surface area contributed by atoms with Gasteiger partial charge in [-0.05, 0) is 12.8 Å². The van der Waals surface area contributed by atoms with Crippen LogP contribution in [0.15, 0.2) is 5.51 Å². The summed E-state index contributed by atoms with van der Waals surface area (Å²) in [5.74, 6) is -0.710. The first-order valence-electron chi connectivity index (χ1n) is 6.04. The van der Waals surface area contributed by atoms with Crippen molar-refractivity contribution in [2.75, 3.05) is 0 Å². The monoisotopic (exact) mass is 268 g/mol. The first kappa shape index (κ1) is 12.9. The molecule has 1 atom stereocenters. The molecule has 0 spiro atoms. The van der Waals surface area contributed by atoms with Crippen LogP contribution < -0.4 is 11.1 Å². The number of nitrogens with two attached hydrogens (primary N) is 1. The topological polar surface area (TPSA) is 98.0 Å². The highest BCUT2D eigenvalue weighted by Gasteiger charge is 2.28. The van der Waals surface area contributed by atoms with E-state index < -0.39 is 11.9 Å². The van der Waals surface area contributed by atoms with E-state index in [-0.39, 0.29) is 11.8 Å². The SMILES string of the molecule is NC(=O)C(NC(=O)C1CCCCC1)c1nncs1. The minimum Gasteiger partial charge on any atom is -0.367 e. The Hall–Kier alpha value is -1.50. The van der Waals surface area contributed by atoms with E-state index in [0.29, 0.717) is 5.01 Å². The van der Waals surface area contributed by atoms with E-state index in [9.17, 15) is 9.59 Å². The Morgan fingerprint density at radius 1 is 1.39 bits per heavy atom. The number of amides is 2. The fourth-order valence-electron chi connectivity index (χ4n) is 2.19. The van der Waals surface area contributed by atoms with Crippen molar-refractivity contribution in [3.8, 4) is 0 Å². The maximum atomic E-state index is 12.0. The molecule has 2 rings (SSSR count). The Balaban J connectivity index is 2.00. The number of primary amides is 1. The molecule has 1 aromatic rings. The van der Waals surface area contributed by atoms with Gasteiger partial charge in [-0.3, -0.25) is 9.59 Å². The van der Waals surface area contributed by atoms with Crippen LogP contribution in [-0.4, -0.2) is 22.0 Å². The van der Waals surface area contributed by atoms with Gasteiger partial charge in [0.05, 0.1) is 0 Å².